The first-order valence-corrected chi connectivity index (χ1v) is 8.37. The summed E-state index contributed by atoms with van der Waals surface area (Å²) in [6.07, 6.45) is 3.82. The normalized spacial score (nSPS) is 9.87. The van der Waals surface area contributed by atoms with Crippen LogP contribution in [0.3, 0.4) is 0 Å². The number of benzene rings is 2. The summed E-state index contributed by atoms with van der Waals surface area (Å²) in [5, 5.41) is 19.9. The van der Waals surface area contributed by atoms with Crippen LogP contribution in [0.25, 0.3) is 12.2 Å². The summed E-state index contributed by atoms with van der Waals surface area (Å²) in [7, 11) is 0. The number of hydrogen-bond donors (Lipinski definition) is 2. The number of rotatable bonds is 3. The molecule has 0 saturated heterocycles. The van der Waals surface area contributed by atoms with Crippen LogP contribution in [-0.2, 0) is 0 Å². The van der Waals surface area contributed by atoms with E-state index in [1.54, 1.807) is 12.1 Å². The van der Waals surface area contributed by atoms with E-state index in [0.717, 1.165) is 11.1 Å². The minimum absolute atomic E-state index is 0.0900. The molecular formula is C21H30O2. The molecule has 0 fully saturated rings. The maximum Gasteiger partial charge on any atom is 0.123 e. The van der Waals surface area contributed by atoms with E-state index < -0.39 is 0 Å². The van der Waals surface area contributed by atoms with Gasteiger partial charge in [0.15, 0.2) is 0 Å². The zero-order valence-electron chi connectivity index (χ0n) is 15.2. The number of phenols is 2. The van der Waals surface area contributed by atoms with E-state index in [1.165, 1.54) is 0 Å². The maximum absolute atomic E-state index is 9.95. The topological polar surface area (TPSA) is 40.5 Å². The zero-order valence-corrected chi connectivity index (χ0v) is 15.2. The van der Waals surface area contributed by atoms with Crippen molar-refractivity contribution >= 4 is 12.2 Å². The largest absolute Gasteiger partial charge is 0.507 e. The van der Waals surface area contributed by atoms with Gasteiger partial charge in [-0.1, -0.05) is 84.0 Å². The fourth-order valence-corrected chi connectivity index (χ4v) is 2.09. The smallest absolute Gasteiger partial charge is 0.123 e. The highest BCUT2D eigenvalue weighted by Crippen LogP contribution is 2.35. The van der Waals surface area contributed by atoms with E-state index in [1.807, 2.05) is 84.0 Å². The lowest BCUT2D eigenvalue weighted by Gasteiger charge is -2.11. The lowest BCUT2D eigenvalue weighted by atomic mass is 9.98. The molecular weight excluding hydrogens is 284 g/mol. The fraction of sp³-hybridized carbons (Fsp3) is 0.333. The molecule has 0 radical (unpaired) electrons. The van der Waals surface area contributed by atoms with Gasteiger partial charge >= 0.3 is 0 Å². The monoisotopic (exact) mass is 314 g/mol. The minimum Gasteiger partial charge on any atom is -0.507 e. The molecule has 2 rings (SSSR count). The molecule has 0 aliphatic heterocycles. The lowest BCUT2D eigenvalue weighted by molar-refractivity contribution is 0.433. The summed E-state index contributed by atoms with van der Waals surface area (Å²) in [6, 6.07) is 13.2. The van der Waals surface area contributed by atoms with Gasteiger partial charge in [0.25, 0.3) is 0 Å². The van der Waals surface area contributed by atoms with Gasteiger partial charge in [-0.3, -0.25) is 0 Å². The molecule has 2 nitrogen and oxygen atoms in total. The Morgan fingerprint density at radius 2 is 1.17 bits per heavy atom. The van der Waals surface area contributed by atoms with Crippen molar-refractivity contribution in [3.05, 3.63) is 59.2 Å². The second kappa shape index (κ2) is 11.4. The van der Waals surface area contributed by atoms with Crippen LogP contribution in [0.15, 0.2) is 42.5 Å². The standard InChI is InChI=1S/C17H18O2.2C2H6/c1-12(2)17-15(18)10-14(11-16(17)19)9-8-13-6-4-3-5-7-13;2*1-2/h3-12,18-19H,1-2H3;2*1-2H3/b9-8+;;. The number of phenolic OH excluding ortho intramolecular Hbond substituents is 2. The minimum atomic E-state index is 0.0900. The molecule has 0 aromatic heterocycles. The van der Waals surface area contributed by atoms with Crippen LogP contribution in [0.2, 0.25) is 0 Å². The van der Waals surface area contributed by atoms with Crippen molar-refractivity contribution in [2.75, 3.05) is 0 Å². The third-order valence-electron chi connectivity index (χ3n) is 3.00. The molecule has 0 heterocycles. The summed E-state index contributed by atoms with van der Waals surface area (Å²) in [4.78, 5) is 0. The molecule has 2 aromatic rings. The van der Waals surface area contributed by atoms with Crippen LogP contribution < -0.4 is 0 Å². The Morgan fingerprint density at radius 3 is 1.61 bits per heavy atom. The number of hydrogen-bond acceptors (Lipinski definition) is 2. The van der Waals surface area contributed by atoms with Crippen LogP contribution in [0.4, 0.5) is 0 Å². The summed E-state index contributed by atoms with van der Waals surface area (Å²) in [6.45, 7) is 11.9. The van der Waals surface area contributed by atoms with Gasteiger partial charge in [0, 0.05) is 5.56 Å². The highest BCUT2D eigenvalue weighted by atomic mass is 16.3. The molecule has 0 aliphatic carbocycles. The second-order valence-electron chi connectivity index (χ2n) is 4.87. The molecule has 0 bridgehead atoms. The molecule has 2 N–H and O–H groups in total. The van der Waals surface area contributed by atoms with Crippen LogP contribution >= 0.6 is 0 Å². The molecule has 0 spiro atoms. The summed E-state index contributed by atoms with van der Waals surface area (Å²) in [5.41, 5.74) is 2.45. The molecule has 23 heavy (non-hydrogen) atoms. The number of aromatic hydroxyl groups is 2. The fourth-order valence-electron chi connectivity index (χ4n) is 2.09. The first-order chi connectivity index (χ1) is 11.1. The molecule has 0 unspecified atom stereocenters. The molecule has 126 valence electrons. The highest BCUT2D eigenvalue weighted by molar-refractivity contribution is 5.71. The Kier molecular flexibility index (Phi) is 10.3. The van der Waals surface area contributed by atoms with Gasteiger partial charge in [-0.15, -0.1) is 0 Å². The van der Waals surface area contributed by atoms with E-state index >= 15 is 0 Å². The second-order valence-corrected chi connectivity index (χ2v) is 4.87. The van der Waals surface area contributed by atoms with E-state index in [9.17, 15) is 10.2 Å². The molecule has 0 amide bonds. The van der Waals surface area contributed by atoms with Gasteiger partial charge in [0.05, 0.1) is 0 Å². The Bertz CT molecular complexity index is 561. The average Bonchev–Trinajstić information content (AvgIpc) is 2.57. The van der Waals surface area contributed by atoms with Gasteiger partial charge < -0.3 is 10.2 Å². The Morgan fingerprint density at radius 1 is 0.739 bits per heavy atom. The van der Waals surface area contributed by atoms with Gasteiger partial charge in [0.2, 0.25) is 0 Å². The van der Waals surface area contributed by atoms with Crippen molar-refractivity contribution in [3.63, 3.8) is 0 Å². The summed E-state index contributed by atoms with van der Waals surface area (Å²) < 4.78 is 0. The molecule has 0 atom stereocenters. The van der Waals surface area contributed by atoms with Crippen molar-refractivity contribution in [3.8, 4) is 11.5 Å². The van der Waals surface area contributed by atoms with Crippen molar-refractivity contribution in [1.29, 1.82) is 0 Å². The third-order valence-corrected chi connectivity index (χ3v) is 3.00. The van der Waals surface area contributed by atoms with Crippen LogP contribution in [0.1, 0.15) is 64.2 Å². The van der Waals surface area contributed by atoms with Gasteiger partial charge in [-0.05, 0) is 29.2 Å². The van der Waals surface area contributed by atoms with Crippen LogP contribution in [-0.4, -0.2) is 10.2 Å². The molecule has 2 heteroatoms. The average molecular weight is 314 g/mol. The van der Waals surface area contributed by atoms with Gasteiger partial charge in [0.1, 0.15) is 11.5 Å². The maximum atomic E-state index is 9.95. The third kappa shape index (κ3) is 6.60. The highest BCUT2D eigenvalue weighted by Gasteiger charge is 2.12. The predicted octanol–water partition coefficient (Wildman–Crippen LogP) is 6.44. The van der Waals surface area contributed by atoms with Crippen LogP contribution in [0.5, 0.6) is 11.5 Å². The van der Waals surface area contributed by atoms with E-state index in [4.69, 9.17) is 0 Å². The van der Waals surface area contributed by atoms with Crippen molar-refractivity contribution < 1.29 is 10.2 Å². The molecule has 0 saturated carbocycles. The predicted molar refractivity (Wildman–Crippen MR) is 102 cm³/mol. The zero-order chi connectivity index (χ0) is 17.8. The van der Waals surface area contributed by atoms with E-state index in [-0.39, 0.29) is 17.4 Å². The Labute approximate surface area is 141 Å². The van der Waals surface area contributed by atoms with Gasteiger partial charge in [-0.2, -0.15) is 0 Å². The molecule has 2 aromatic carbocycles. The van der Waals surface area contributed by atoms with Crippen molar-refractivity contribution in [1.82, 2.24) is 0 Å². The summed E-state index contributed by atoms with van der Waals surface area (Å²) in [5.74, 6) is 0.373. The first-order valence-electron chi connectivity index (χ1n) is 8.37. The molecule has 0 aliphatic rings. The quantitative estimate of drug-likeness (QED) is 0.640. The van der Waals surface area contributed by atoms with E-state index in [2.05, 4.69) is 0 Å². The Hall–Kier alpha value is -2.22. The SMILES string of the molecule is CC.CC.CC(C)c1c(O)cc(/C=C/c2ccccc2)cc1O. The Balaban J connectivity index is 0.00000112. The van der Waals surface area contributed by atoms with Crippen LogP contribution in [0, 0.1) is 0 Å². The van der Waals surface area contributed by atoms with Crippen molar-refractivity contribution in [2.45, 2.75) is 47.5 Å². The summed E-state index contributed by atoms with van der Waals surface area (Å²) >= 11 is 0. The lowest BCUT2D eigenvalue weighted by Crippen LogP contribution is -1.90. The van der Waals surface area contributed by atoms with Crippen molar-refractivity contribution in [2.24, 2.45) is 0 Å². The van der Waals surface area contributed by atoms with Gasteiger partial charge in [-0.25, -0.2) is 0 Å². The first kappa shape index (κ1) is 20.8. The van der Waals surface area contributed by atoms with E-state index in [0.29, 0.717) is 5.56 Å².